The highest BCUT2D eigenvalue weighted by Crippen LogP contribution is 2.21. The molecule has 1 N–H and O–H groups in total. The molecule has 122 valence electrons. The summed E-state index contributed by atoms with van der Waals surface area (Å²) >= 11 is 0. The molecule has 0 fully saturated rings. The standard InChI is InChI=1S/C14H12F3N3O3/c1-22-10-3-2-6-18-12(10)20-13(21)9-4-5-11(19-7-9)23-8-14(15,16)17/h2-7H,8H2,1H3,(H,18,20,21). The third kappa shape index (κ3) is 4.83. The van der Waals surface area contributed by atoms with Gasteiger partial charge in [-0.1, -0.05) is 0 Å². The number of carbonyl (C=O) groups excluding carboxylic acids is 1. The number of anilines is 1. The summed E-state index contributed by atoms with van der Waals surface area (Å²) in [6.45, 7) is -1.45. The van der Waals surface area contributed by atoms with Crippen molar-refractivity contribution in [3.05, 3.63) is 42.2 Å². The molecule has 2 aromatic rings. The first-order chi connectivity index (χ1) is 10.9. The molecular weight excluding hydrogens is 315 g/mol. The van der Waals surface area contributed by atoms with Crippen LogP contribution in [0.5, 0.6) is 11.6 Å². The molecule has 0 unspecified atom stereocenters. The highest BCUT2D eigenvalue weighted by molar-refractivity contribution is 6.04. The van der Waals surface area contributed by atoms with Gasteiger partial charge in [-0.15, -0.1) is 0 Å². The Morgan fingerprint density at radius 1 is 1.26 bits per heavy atom. The lowest BCUT2D eigenvalue weighted by atomic mass is 10.2. The van der Waals surface area contributed by atoms with Gasteiger partial charge >= 0.3 is 6.18 Å². The molecule has 1 amide bonds. The van der Waals surface area contributed by atoms with E-state index in [1.165, 1.54) is 25.4 Å². The molecule has 0 atom stereocenters. The van der Waals surface area contributed by atoms with Crippen LogP contribution in [0.4, 0.5) is 19.0 Å². The molecule has 0 aliphatic heterocycles. The minimum Gasteiger partial charge on any atom is -0.493 e. The van der Waals surface area contributed by atoms with Crippen molar-refractivity contribution in [3.63, 3.8) is 0 Å². The van der Waals surface area contributed by atoms with Crippen LogP contribution in [0.3, 0.4) is 0 Å². The number of ether oxygens (including phenoxy) is 2. The van der Waals surface area contributed by atoms with Gasteiger partial charge in [0, 0.05) is 18.5 Å². The molecule has 0 spiro atoms. The summed E-state index contributed by atoms with van der Waals surface area (Å²) in [4.78, 5) is 19.7. The molecule has 0 aromatic carbocycles. The number of carbonyl (C=O) groups is 1. The quantitative estimate of drug-likeness (QED) is 0.914. The van der Waals surface area contributed by atoms with Gasteiger partial charge in [0.05, 0.1) is 12.7 Å². The van der Waals surface area contributed by atoms with Crippen molar-refractivity contribution in [3.8, 4) is 11.6 Å². The van der Waals surface area contributed by atoms with E-state index in [1.54, 1.807) is 12.1 Å². The Labute approximate surface area is 129 Å². The molecule has 2 rings (SSSR count). The predicted octanol–water partition coefficient (Wildman–Crippen LogP) is 2.68. The van der Waals surface area contributed by atoms with Crippen LogP contribution in [-0.2, 0) is 0 Å². The van der Waals surface area contributed by atoms with Crippen LogP contribution in [0, 0.1) is 0 Å². The number of alkyl halides is 3. The Hall–Kier alpha value is -2.84. The zero-order chi connectivity index (χ0) is 16.9. The number of methoxy groups -OCH3 is 1. The van der Waals surface area contributed by atoms with Crippen molar-refractivity contribution < 1.29 is 27.4 Å². The average molecular weight is 327 g/mol. The highest BCUT2D eigenvalue weighted by atomic mass is 19.4. The van der Waals surface area contributed by atoms with E-state index in [9.17, 15) is 18.0 Å². The molecule has 0 radical (unpaired) electrons. The van der Waals surface area contributed by atoms with E-state index < -0.39 is 18.7 Å². The van der Waals surface area contributed by atoms with Gasteiger partial charge < -0.3 is 14.8 Å². The van der Waals surface area contributed by atoms with Gasteiger partial charge in [0.2, 0.25) is 5.88 Å². The number of rotatable bonds is 5. The Bertz CT molecular complexity index is 675. The van der Waals surface area contributed by atoms with Crippen LogP contribution in [0.2, 0.25) is 0 Å². The maximum Gasteiger partial charge on any atom is 0.422 e. The van der Waals surface area contributed by atoms with Gasteiger partial charge in [-0.25, -0.2) is 9.97 Å². The smallest absolute Gasteiger partial charge is 0.422 e. The molecular formula is C14H12F3N3O3. The topological polar surface area (TPSA) is 73.3 Å². The Kier molecular flexibility index (Phi) is 4.99. The van der Waals surface area contributed by atoms with Gasteiger partial charge in [-0.2, -0.15) is 13.2 Å². The van der Waals surface area contributed by atoms with Crippen molar-refractivity contribution in [2.24, 2.45) is 0 Å². The molecule has 9 heteroatoms. The second-order valence-corrected chi connectivity index (χ2v) is 4.30. The van der Waals surface area contributed by atoms with Crippen molar-refractivity contribution in [2.45, 2.75) is 6.18 Å². The lowest BCUT2D eigenvalue weighted by Crippen LogP contribution is -2.20. The van der Waals surface area contributed by atoms with Crippen molar-refractivity contribution >= 4 is 11.7 Å². The maximum absolute atomic E-state index is 12.0. The van der Waals surface area contributed by atoms with E-state index in [1.807, 2.05) is 0 Å². The molecule has 2 heterocycles. The zero-order valence-corrected chi connectivity index (χ0v) is 11.9. The van der Waals surface area contributed by atoms with E-state index in [0.717, 1.165) is 6.20 Å². The largest absolute Gasteiger partial charge is 0.493 e. The molecule has 0 bridgehead atoms. The summed E-state index contributed by atoms with van der Waals surface area (Å²) in [7, 11) is 1.43. The normalized spacial score (nSPS) is 11.0. The van der Waals surface area contributed by atoms with Crippen LogP contribution in [0.25, 0.3) is 0 Å². The molecule has 2 aromatic heterocycles. The van der Waals surface area contributed by atoms with Gasteiger partial charge in [0.15, 0.2) is 18.2 Å². The number of nitrogens with zero attached hydrogens (tertiary/aromatic N) is 2. The number of halogens is 3. The summed E-state index contributed by atoms with van der Waals surface area (Å²) in [5.41, 5.74) is 0.136. The Morgan fingerprint density at radius 3 is 2.65 bits per heavy atom. The zero-order valence-electron chi connectivity index (χ0n) is 11.9. The van der Waals surface area contributed by atoms with E-state index in [0.29, 0.717) is 5.75 Å². The van der Waals surface area contributed by atoms with E-state index in [4.69, 9.17) is 4.74 Å². The van der Waals surface area contributed by atoms with Crippen LogP contribution in [-0.4, -0.2) is 35.8 Å². The van der Waals surface area contributed by atoms with Crippen molar-refractivity contribution in [2.75, 3.05) is 19.0 Å². The minimum atomic E-state index is -4.45. The first-order valence-corrected chi connectivity index (χ1v) is 6.35. The van der Waals surface area contributed by atoms with E-state index >= 15 is 0 Å². The summed E-state index contributed by atoms with van der Waals surface area (Å²) < 4.78 is 45.6. The fourth-order valence-electron chi connectivity index (χ4n) is 1.58. The second-order valence-electron chi connectivity index (χ2n) is 4.30. The fraction of sp³-hybridized carbons (Fsp3) is 0.214. The highest BCUT2D eigenvalue weighted by Gasteiger charge is 2.28. The molecule has 6 nitrogen and oxygen atoms in total. The summed E-state index contributed by atoms with van der Waals surface area (Å²) in [5, 5.41) is 2.52. The number of aromatic nitrogens is 2. The van der Waals surface area contributed by atoms with E-state index in [2.05, 4.69) is 20.0 Å². The molecule has 0 aliphatic rings. The van der Waals surface area contributed by atoms with Crippen molar-refractivity contribution in [1.82, 2.24) is 9.97 Å². The van der Waals surface area contributed by atoms with Gasteiger partial charge in [-0.3, -0.25) is 4.79 Å². The molecule has 23 heavy (non-hydrogen) atoms. The van der Waals surface area contributed by atoms with Gasteiger partial charge in [-0.05, 0) is 18.2 Å². The lowest BCUT2D eigenvalue weighted by molar-refractivity contribution is -0.154. The third-order valence-corrected chi connectivity index (χ3v) is 2.60. The SMILES string of the molecule is COc1cccnc1NC(=O)c1ccc(OCC(F)(F)F)nc1. The molecule has 0 saturated carbocycles. The number of hydrogen-bond donors (Lipinski definition) is 1. The second kappa shape index (κ2) is 6.95. The molecule has 0 saturated heterocycles. The summed E-state index contributed by atoms with van der Waals surface area (Å²) in [6.07, 6.45) is -1.87. The van der Waals surface area contributed by atoms with Crippen LogP contribution >= 0.6 is 0 Å². The Balaban J connectivity index is 2.03. The number of pyridine rings is 2. The third-order valence-electron chi connectivity index (χ3n) is 2.60. The summed E-state index contributed by atoms with van der Waals surface area (Å²) in [6, 6.07) is 5.73. The van der Waals surface area contributed by atoms with E-state index in [-0.39, 0.29) is 17.3 Å². The monoisotopic (exact) mass is 327 g/mol. The number of hydrogen-bond acceptors (Lipinski definition) is 5. The minimum absolute atomic E-state index is 0.136. The Morgan fingerprint density at radius 2 is 2.04 bits per heavy atom. The lowest BCUT2D eigenvalue weighted by Gasteiger charge is -2.10. The number of amides is 1. The first-order valence-electron chi connectivity index (χ1n) is 6.35. The van der Waals surface area contributed by atoms with Gasteiger partial charge in [0.1, 0.15) is 0 Å². The van der Waals surface area contributed by atoms with Crippen LogP contribution in [0.15, 0.2) is 36.7 Å². The molecule has 0 aliphatic carbocycles. The summed E-state index contributed by atoms with van der Waals surface area (Å²) in [5.74, 6) is -0.164. The maximum atomic E-state index is 12.0. The van der Waals surface area contributed by atoms with Gasteiger partial charge in [0.25, 0.3) is 5.91 Å². The number of nitrogens with one attached hydrogen (secondary N) is 1. The van der Waals surface area contributed by atoms with Crippen LogP contribution in [0.1, 0.15) is 10.4 Å². The van der Waals surface area contributed by atoms with Crippen LogP contribution < -0.4 is 14.8 Å². The predicted molar refractivity (Wildman–Crippen MR) is 74.5 cm³/mol. The fourth-order valence-corrected chi connectivity index (χ4v) is 1.58. The van der Waals surface area contributed by atoms with Crippen molar-refractivity contribution in [1.29, 1.82) is 0 Å². The average Bonchev–Trinajstić information content (AvgIpc) is 2.53. The first kappa shape index (κ1) is 16.5.